The SMILES string of the molecule is CCOc1cc2c(Cl)cc(CC)nc2cc1F. The van der Waals surface area contributed by atoms with Gasteiger partial charge in [-0.3, -0.25) is 4.98 Å². The first-order chi connectivity index (χ1) is 8.15. The Morgan fingerprint density at radius 1 is 1.29 bits per heavy atom. The van der Waals surface area contributed by atoms with E-state index in [1.165, 1.54) is 6.07 Å². The van der Waals surface area contributed by atoms with Gasteiger partial charge in [0, 0.05) is 17.1 Å². The first-order valence-corrected chi connectivity index (χ1v) is 5.95. The highest BCUT2D eigenvalue weighted by Gasteiger charge is 2.10. The number of pyridine rings is 1. The molecule has 0 aliphatic rings. The molecular formula is C13H13ClFNO. The van der Waals surface area contributed by atoms with E-state index in [0.717, 1.165) is 12.1 Å². The van der Waals surface area contributed by atoms with Gasteiger partial charge in [-0.25, -0.2) is 4.39 Å². The van der Waals surface area contributed by atoms with Crippen molar-refractivity contribution < 1.29 is 9.13 Å². The Kier molecular flexibility index (Phi) is 3.48. The van der Waals surface area contributed by atoms with Crippen molar-refractivity contribution in [3.63, 3.8) is 0 Å². The third-order valence-electron chi connectivity index (χ3n) is 2.53. The molecule has 0 spiro atoms. The van der Waals surface area contributed by atoms with Crippen LogP contribution in [0.2, 0.25) is 5.02 Å². The van der Waals surface area contributed by atoms with Gasteiger partial charge in [0.1, 0.15) is 0 Å². The second-order valence-electron chi connectivity index (χ2n) is 3.68. The lowest BCUT2D eigenvalue weighted by atomic mass is 10.1. The maximum absolute atomic E-state index is 13.7. The van der Waals surface area contributed by atoms with Crippen LogP contribution in [0.1, 0.15) is 19.5 Å². The molecule has 0 amide bonds. The Morgan fingerprint density at radius 2 is 2.06 bits per heavy atom. The summed E-state index contributed by atoms with van der Waals surface area (Å²) in [7, 11) is 0. The number of hydrogen-bond acceptors (Lipinski definition) is 2. The molecule has 0 atom stereocenters. The van der Waals surface area contributed by atoms with Crippen molar-refractivity contribution in [2.45, 2.75) is 20.3 Å². The van der Waals surface area contributed by atoms with Crippen LogP contribution in [0.25, 0.3) is 10.9 Å². The van der Waals surface area contributed by atoms with Crippen LogP contribution >= 0.6 is 11.6 Å². The molecule has 1 aromatic heterocycles. The fraction of sp³-hybridized carbons (Fsp3) is 0.308. The number of hydrogen-bond donors (Lipinski definition) is 0. The fourth-order valence-electron chi connectivity index (χ4n) is 1.68. The normalized spacial score (nSPS) is 10.8. The highest BCUT2D eigenvalue weighted by molar-refractivity contribution is 6.35. The van der Waals surface area contributed by atoms with Crippen LogP contribution in [0.15, 0.2) is 18.2 Å². The second kappa shape index (κ2) is 4.88. The molecule has 0 unspecified atom stereocenters. The van der Waals surface area contributed by atoms with Crippen molar-refractivity contribution in [1.29, 1.82) is 0 Å². The summed E-state index contributed by atoms with van der Waals surface area (Å²) in [4.78, 5) is 4.34. The highest BCUT2D eigenvalue weighted by atomic mass is 35.5. The maximum atomic E-state index is 13.7. The van der Waals surface area contributed by atoms with Gasteiger partial charge in [0.15, 0.2) is 11.6 Å². The lowest BCUT2D eigenvalue weighted by Gasteiger charge is -2.08. The van der Waals surface area contributed by atoms with Gasteiger partial charge in [-0.1, -0.05) is 18.5 Å². The van der Waals surface area contributed by atoms with Crippen LogP contribution < -0.4 is 4.74 Å². The van der Waals surface area contributed by atoms with Crippen molar-refractivity contribution in [3.05, 3.63) is 34.7 Å². The molecule has 0 aliphatic carbocycles. The molecule has 2 nitrogen and oxygen atoms in total. The smallest absolute Gasteiger partial charge is 0.167 e. The Balaban J connectivity index is 2.65. The van der Waals surface area contributed by atoms with E-state index in [2.05, 4.69) is 4.98 Å². The van der Waals surface area contributed by atoms with E-state index in [1.54, 1.807) is 12.1 Å². The molecule has 2 rings (SSSR count). The van der Waals surface area contributed by atoms with Crippen molar-refractivity contribution in [3.8, 4) is 5.75 Å². The largest absolute Gasteiger partial charge is 0.491 e. The Morgan fingerprint density at radius 3 is 2.71 bits per heavy atom. The molecule has 90 valence electrons. The summed E-state index contributed by atoms with van der Waals surface area (Å²) in [6.07, 6.45) is 0.768. The summed E-state index contributed by atoms with van der Waals surface area (Å²) in [5, 5.41) is 1.29. The molecule has 0 saturated carbocycles. The molecule has 17 heavy (non-hydrogen) atoms. The average molecular weight is 254 g/mol. The molecule has 2 aromatic rings. The standard InChI is InChI=1S/C13H13ClFNO/c1-3-8-5-10(14)9-6-13(17-4-2)11(15)7-12(9)16-8/h5-7H,3-4H2,1-2H3. The van der Waals surface area contributed by atoms with E-state index in [1.807, 2.05) is 13.8 Å². The zero-order valence-electron chi connectivity index (χ0n) is 9.76. The average Bonchev–Trinajstić information content (AvgIpc) is 2.31. The van der Waals surface area contributed by atoms with E-state index in [0.29, 0.717) is 22.5 Å². The van der Waals surface area contributed by atoms with Gasteiger partial charge in [0.05, 0.1) is 17.1 Å². The molecule has 0 radical (unpaired) electrons. The minimum absolute atomic E-state index is 0.216. The molecule has 0 fully saturated rings. The molecular weight excluding hydrogens is 241 g/mol. The van der Waals surface area contributed by atoms with Gasteiger partial charge in [-0.2, -0.15) is 0 Å². The van der Waals surface area contributed by atoms with Crippen molar-refractivity contribution >= 4 is 22.5 Å². The number of benzene rings is 1. The number of aromatic nitrogens is 1. The molecule has 0 N–H and O–H groups in total. The van der Waals surface area contributed by atoms with Crippen molar-refractivity contribution in [2.24, 2.45) is 0 Å². The number of aryl methyl sites for hydroxylation is 1. The van der Waals surface area contributed by atoms with Gasteiger partial charge in [-0.15, -0.1) is 0 Å². The van der Waals surface area contributed by atoms with Crippen LogP contribution in [0, 0.1) is 5.82 Å². The van der Waals surface area contributed by atoms with E-state index in [9.17, 15) is 4.39 Å². The Bertz CT molecular complexity index is 557. The molecule has 1 aromatic carbocycles. The van der Waals surface area contributed by atoms with Crippen LogP contribution in [0.5, 0.6) is 5.75 Å². The van der Waals surface area contributed by atoms with Gasteiger partial charge in [-0.05, 0) is 25.5 Å². The first kappa shape index (κ1) is 12.1. The van der Waals surface area contributed by atoms with Crippen molar-refractivity contribution in [1.82, 2.24) is 4.98 Å². The van der Waals surface area contributed by atoms with Gasteiger partial charge >= 0.3 is 0 Å². The molecule has 1 heterocycles. The minimum Gasteiger partial charge on any atom is -0.491 e. The summed E-state index contributed by atoms with van der Waals surface area (Å²) >= 11 is 6.15. The Hall–Kier alpha value is -1.35. The third-order valence-corrected chi connectivity index (χ3v) is 2.84. The topological polar surface area (TPSA) is 22.1 Å². The minimum atomic E-state index is -0.406. The monoisotopic (exact) mass is 253 g/mol. The van der Waals surface area contributed by atoms with Gasteiger partial charge < -0.3 is 4.74 Å². The van der Waals surface area contributed by atoms with Crippen molar-refractivity contribution in [2.75, 3.05) is 6.61 Å². The number of halogens is 2. The fourth-order valence-corrected chi connectivity index (χ4v) is 1.96. The number of ether oxygens (including phenoxy) is 1. The van der Waals surface area contributed by atoms with Crippen LogP contribution in [-0.4, -0.2) is 11.6 Å². The lowest BCUT2D eigenvalue weighted by Crippen LogP contribution is -1.96. The molecule has 4 heteroatoms. The summed E-state index contributed by atoms with van der Waals surface area (Å²) in [6, 6.07) is 4.77. The zero-order valence-corrected chi connectivity index (χ0v) is 10.5. The lowest BCUT2D eigenvalue weighted by molar-refractivity contribution is 0.322. The summed E-state index contributed by atoms with van der Waals surface area (Å²) in [5.74, 6) is -0.191. The van der Waals surface area contributed by atoms with E-state index < -0.39 is 5.82 Å². The Labute approximate surface area is 104 Å². The van der Waals surface area contributed by atoms with Crippen LogP contribution in [0.3, 0.4) is 0 Å². The van der Waals surface area contributed by atoms with E-state index in [-0.39, 0.29) is 5.75 Å². The first-order valence-electron chi connectivity index (χ1n) is 5.57. The van der Waals surface area contributed by atoms with Crippen LogP contribution in [0.4, 0.5) is 4.39 Å². The number of nitrogens with zero attached hydrogens (tertiary/aromatic N) is 1. The zero-order chi connectivity index (χ0) is 12.4. The molecule has 0 bridgehead atoms. The quantitative estimate of drug-likeness (QED) is 0.825. The third kappa shape index (κ3) is 2.34. The van der Waals surface area contributed by atoms with Gasteiger partial charge in [0.2, 0.25) is 0 Å². The summed E-state index contributed by atoms with van der Waals surface area (Å²) in [5.41, 5.74) is 1.42. The maximum Gasteiger partial charge on any atom is 0.167 e. The second-order valence-corrected chi connectivity index (χ2v) is 4.09. The van der Waals surface area contributed by atoms with E-state index in [4.69, 9.17) is 16.3 Å². The summed E-state index contributed by atoms with van der Waals surface area (Å²) < 4.78 is 18.9. The number of rotatable bonds is 3. The molecule has 0 aliphatic heterocycles. The van der Waals surface area contributed by atoms with E-state index >= 15 is 0 Å². The number of fused-ring (bicyclic) bond motifs is 1. The summed E-state index contributed by atoms with van der Waals surface area (Å²) in [6.45, 7) is 4.21. The molecule has 0 saturated heterocycles. The highest BCUT2D eigenvalue weighted by Crippen LogP contribution is 2.29. The van der Waals surface area contributed by atoms with Gasteiger partial charge in [0.25, 0.3) is 0 Å². The van der Waals surface area contributed by atoms with Crippen LogP contribution in [-0.2, 0) is 6.42 Å². The predicted octanol–water partition coefficient (Wildman–Crippen LogP) is 3.99. The predicted molar refractivity (Wildman–Crippen MR) is 67.3 cm³/mol.